The van der Waals surface area contributed by atoms with Crippen molar-refractivity contribution in [2.45, 2.75) is 19.9 Å². The topological polar surface area (TPSA) is 103 Å². The molecule has 3 heterocycles. The van der Waals surface area contributed by atoms with Crippen molar-refractivity contribution in [1.29, 1.82) is 0 Å². The maximum absolute atomic E-state index is 13.1. The summed E-state index contributed by atoms with van der Waals surface area (Å²) in [4.78, 5) is 29.2. The highest BCUT2D eigenvalue weighted by Gasteiger charge is 2.18. The number of fused-ring (bicyclic) bond motifs is 1. The summed E-state index contributed by atoms with van der Waals surface area (Å²) >= 11 is 2.57. The first-order chi connectivity index (χ1) is 13.9. The molecular weight excluding hydrogens is 413 g/mol. The van der Waals surface area contributed by atoms with Gasteiger partial charge in [0.1, 0.15) is 10.6 Å². The van der Waals surface area contributed by atoms with E-state index in [0.717, 1.165) is 21.5 Å². The Morgan fingerprint density at radius 1 is 1.28 bits per heavy atom. The monoisotopic (exact) mass is 429 g/mol. The lowest BCUT2D eigenvalue weighted by Crippen LogP contribution is -2.14. The van der Waals surface area contributed by atoms with Gasteiger partial charge in [-0.2, -0.15) is 5.10 Å². The number of thiophene rings is 1. The number of amides is 2. The molecule has 0 radical (unpaired) electrons. The van der Waals surface area contributed by atoms with Crippen LogP contribution >= 0.6 is 22.7 Å². The normalized spacial score (nSPS) is 11.1. The number of thiazole rings is 1. The van der Waals surface area contributed by atoms with Crippen molar-refractivity contribution in [3.63, 3.8) is 0 Å². The largest absolute Gasteiger partial charge is 0.369 e. The van der Waals surface area contributed by atoms with Gasteiger partial charge >= 0.3 is 0 Å². The number of halogens is 1. The first kappa shape index (κ1) is 19.2. The fourth-order valence-corrected chi connectivity index (χ4v) is 4.64. The highest BCUT2D eigenvalue weighted by Crippen LogP contribution is 2.30. The Hall–Kier alpha value is -3.11. The van der Waals surface area contributed by atoms with Crippen LogP contribution in [0.1, 0.15) is 26.6 Å². The van der Waals surface area contributed by atoms with Gasteiger partial charge in [-0.05, 0) is 30.7 Å². The Kier molecular flexibility index (Phi) is 5.12. The van der Waals surface area contributed by atoms with Gasteiger partial charge in [0.2, 0.25) is 5.91 Å². The van der Waals surface area contributed by atoms with E-state index >= 15 is 0 Å². The SMILES string of the molecule is Cc1nn(Cc2ccc(F)cc2)c2sc(C(=O)Nc3nc(CC(N)=O)cs3)cc12. The summed E-state index contributed by atoms with van der Waals surface area (Å²) in [5.74, 6) is -1.04. The van der Waals surface area contributed by atoms with Crippen molar-refractivity contribution in [1.82, 2.24) is 14.8 Å². The predicted molar refractivity (Wildman–Crippen MR) is 111 cm³/mol. The number of nitrogens with zero attached hydrogens (tertiary/aromatic N) is 3. The summed E-state index contributed by atoms with van der Waals surface area (Å²) in [6.07, 6.45) is 0.0354. The van der Waals surface area contributed by atoms with E-state index in [4.69, 9.17) is 5.73 Å². The molecule has 0 aliphatic rings. The third-order valence-electron chi connectivity index (χ3n) is 4.20. The number of hydrogen-bond donors (Lipinski definition) is 2. The van der Waals surface area contributed by atoms with Gasteiger partial charge in [-0.3, -0.25) is 19.6 Å². The molecule has 148 valence electrons. The zero-order valence-corrected chi connectivity index (χ0v) is 16.9. The second-order valence-electron chi connectivity index (χ2n) is 6.44. The third kappa shape index (κ3) is 4.17. The Balaban J connectivity index is 1.55. The number of aryl methyl sites for hydroxylation is 1. The first-order valence-corrected chi connectivity index (χ1v) is 10.3. The Morgan fingerprint density at radius 3 is 2.76 bits per heavy atom. The molecule has 2 amide bonds. The molecule has 0 fully saturated rings. The van der Waals surface area contributed by atoms with Crippen LogP contribution in [0.4, 0.5) is 9.52 Å². The Bertz CT molecular complexity index is 1210. The zero-order valence-electron chi connectivity index (χ0n) is 15.3. The summed E-state index contributed by atoms with van der Waals surface area (Å²) in [6, 6.07) is 8.06. The fraction of sp³-hybridized carbons (Fsp3) is 0.158. The number of nitrogens with two attached hydrogens (primary N) is 1. The minimum Gasteiger partial charge on any atom is -0.369 e. The average Bonchev–Trinajstić information content (AvgIpc) is 3.35. The van der Waals surface area contributed by atoms with E-state index in [-0.39, 0.29) is 18.1 Å². The second kappa shape index (κ2) is 7.72. The number of carbonyl (C=O) groups excluding carboxylic acids is 2. The molecule has 7 nitrogen and oxygen atoms in total. The highest BCUT2D eigenvalue weighted by atomic mass is 32.1. The average molecular weight is 430 g/mol. The van der Waals surface area contributed by atoms with Crippen molar-refractivity contribution in [3.8, 4) is 0 Å². The van der Waals surface area contributed by atoms with Gasteiger partial charge < -0.3 is 5.73 Å². The summed E-state index contributed by atoms with van der Waals surface area (Å²) in [5, 5.41) is 10.3. The molecule has 4 rings (SSSR count). The maximum atomic E-state index is 13.1. The summed E-state index contributed by atoms with van der Waals surface area (Å²) < 4.78 is 14.9. The van der Waals surface area contributed by atoms with Crippen LogP contribution in [-0.4, -0.2) is 26.6 Å². The molecule has 0 aliphatic heterocycles. The summed E-state index contributed by atoms with van der Waals surface area (Å²) in [5.41, 5.74) is 7.42. The van der Waals surface area contributed by atoms with E-state index in [9.17, 15) is 14.0 Å². The second-order valence-corrected chi connectivity index (χ2v) is 8.33. The van der Waals surface area contributed by atoms with Crippen LogP contribution in [-0.2, 0) is 17.8 Å². The van der Waals surface area contributed by atoms with Crippen LogP contribution < -0.4 is 11.1 Å². The van der Waals surface area contributed by atoms with Crippen LogP contribution in [0.25, 0.3) is 10.2 Å². The standard InChI is InChI=1S/C19H16FN5O2S2/c1-10-14-7-15(17(27)23-19-22-13(9-28-19)6-16(21)26)29-18(14)25(24-10)8-11-2-4-12(20)5-3-11/h2-5,7,9H,6,8H2,1H3,(H2,21,26)(H,22,23,27). The molecule has 4 aromatic rings. The van der Waals surface area contributed by atoms with Crippen LogP contribution in [0.3, 0.4) is 0 Å². The molecule has 0 aliphatic carbocycles. The van der Waals surface area contributed by atoms with Crippen LogP contribution in [0, 0.1) is 12.7 Å². The summed E-state index contributed by atoms with van der Waals surface area (Å²) in [7, 11) is 0. The smallest absolute Gasteiger partial charge is 0.267 e. The van der Waals surface area contributed by atoms with Gasteiger partial charge in [0.15, 0.2) is 5.13 Å². The maximum Gasteiger partial charge on any atom is 0.267 e. The van der Waals surface area contributed by atoms with Gasteiger partial charge in [-0.25, -0.2) is 9.37 Å². The van der Waals surface area contributed by atoms with E-state index in [1.165, 1.54) is 34.8 Å². The van der Waals surface area contributed by atoms with E-state index in [2.05, 4.69) is 15.4 Å². The highest BCUT2D eigenvalue weighted by molar-refractivity contribution is 7.20. The molecule has 0 saturated heterocycles. The van der Waals surface area contributed by atoms with E-state index in [0.29, 0.717) is 22.2 Å². The number of rotatable bonds is 6. The first-order valence-electron chi connectivity index (χ1n) is 8.64. The number of anilines is 1. The van der Waals surface area contributed by atoms with Crippen molar-refractivity contribution >= 4 is 49.8 Å². The molecule has 0 atom stereocenters. The van der Waals surface area contributed by atoms with Gasteiger partial charge in [0.25, 0.3) is 5.91 Å². The molecule has 3 aromatic heterocycles. The van der Waals surface area contributed by atoms with E-state index in [1.807, 2.05) is 11.6 Å². The molecule has 0 spiro atoms. The lowest BCUT2D eigenvalue weighted by Gasteiger charge is -2.03. The van der Waals surface area contributed by atoms with Crippen LogP contribution in [0.15, 0.2) is 35.7 Å². The summed E-state index contributed by atoms with van der Waals surface area (Å²) in [6.45, 7) is 2.37. The molecule has 1 aromatic carbocycles. The van der Waals surface area contributed by atoms with Gasteiger partial charge in [-0.1, -0.05) is 12.1 Å². The quantitative estimate of drug-likeness (QED) is 0.491. The molecule has 0 bridgehead atoms. The lowest BCUT2D eigenvalue weighted by atomic mass is 10.2. The zero-order chi connectivity index (χ0) is 20.5. The predicted octanol–water partition coefficient (Wildman–Crippen LogP) is 3.33. The molecule has 3 N–H and O–H groups in total. The minimum atomic E-state index is -0.473. The van der Waals surface area contributed by atoms with E-state index < -0.39 is 5.91 Å². The van der Waals surface area contributed by atoms with Crippen LogP contribution in [0.2, 0.25) is 0 Å². The van der Waals surface area contributed by atoms with E-state index in [1.54, 1.807) is 23.6 Å². The lowest BCUT2D eigenvalue weighted by molar-refractivity contribution is -0.117. The minimum absolute atomic E-state index is 0.0354. The fourth-order valence-electron chi connectivity index (χ4n) is 2.88. The molecule has 0 unspecified atom stereocenters. The van der Waals surface area contributed by atoms with Gasteiger partial charge in [0, 0.05) is 10.8 Å². The van der Waals surface area contributed by atoms with Crippen LogP contribution in [0.5, 0.6) is 0 Å². The number of nitrogens with one attached hydrogen (secondary N) is 1. The van der Waals surface area contributed by atoms with Crippen molar-refractivity contribution in [2.24, 2.45) is 5.73 Å². The number of benzene rings is 1. The molecule has 10 heteroatoms. The van der Waals surface area contributed by atoms with Gasteiger partial charge in [-0.15, -0.1) is 22.7 Å². The van der Waals surface area contributed by atoms with Crippen molar-refractivity contribution < 1.29 is 14.0 Å². The molecule has 0 saturated carbocycles. The Labute approximate surface area is 173 Å². The van der Waals surface area contributed by atoms with Crippen molar-refractivity contribution in [3.05, 3.63) is 63.4 Å². The number of hydrogen-bond acceptors (Lipinski definition) is 6. The molecule has 29 heavy (non-hydrogen) atoms. The number of carbonyl (C=O) groups is 2. The number of aromatic nitrogens is 3. The van der Waals surface area contributed by atoms with Crippen molar-refractivity contribution in [2.75, 3.05) is 5.32 Å². The van der Waals surface area contributed by atoms with Gasteiger partial charge in [0.05, 0.1) is 29.2 Å². The Morgan fingerprint density at radius 2 is 2.03 bits per heavy atom. The third-order valence-corrected chi connectivity index (χ3v) is 6.16. The number of primary amides is 1. The molecular formula is C19H16FN5O2S2.